The molecule has 18 heavy (non-hydrogen) atoms. The van der Waals surface area contributed by atoms with Crippen molar-refractivity contribution in [3.8, 4) is 5.75 Å². The number of hydrogen-bond donors (Lipinski definition) is 3. The van der Waals surface area contributed by atoms with Crippen LogP contribution in [-0.4, -0.2) is 33.3 Å². The first-order chi connectivity index (χ1) is 8.36. The third-order valence-electron chi connectivity index (χ3n) is 2.42. The van der Waals surface area contributed by atoms with Crippen molar-refractivity contribution in [3.63, 3.8) is 0 Å². The van der Waals surface area contributed by atoms with Crippen LogP contribution in [-0.2, 0) is 14.8 Å². The predicted octanol–water partition coefficient (Wildman–Crippen LogP) is 0.678. The summed E-state index contributed by atoms with van der Waals surface area (Å²) in [5.41, 5.74) is 5.50. The Kier molecular flexibility index (Phi) is 4.94. The summed E-state index contributed by atoms with van der Waals surface area (Å²) in [5.74, 6) is -0.138. The van der Waals surface area contributed by atoms with Crippen LogP contribution in [0.4, 0.5) is 5.69 Å². The van der Waals surface area contributed by atoms with Crippen molar-refractivity contribution in [2.75, 3.05) is 19.5 Å². The zero-order chi connectivity index (χ0) is 13.8. The van der Waals surface area contributed by atoms with Gasteiger partial charge in [0.15, 0.2) is 0 Å². The zero-order valence-electron chi connectivity index (χ0n) is 10.4. The van der Waals surface area contributed by atoms with Crippen molar-refractivity contribution >= 4 is 15.7 Å². The number of sulfonamides is 1. The molecule has 1 atom stereocenters. The van der Waals surface area contributed by atoms with Gasteiger partial charge in [-0.3, -0.25) is 0 Å². The van der Waals surface area contributed by atoms with Crippen molar-refractivity contribution in [2.24, 2.45) is 0 Å². The lowest BCUT2D eigenvalue weighted by Gasteiger charge is -2.14. The van der Waals surface area contributed by atoms with Crippen LogP contribution in [0.25, 0.3) is 0 Å². The Bertz CT molecular complexity index is 502. The highest BCUT2D eigenvalue weighted by atomic mass is 32.2. The standard InChI is InChI=1S/C11H18N2O4S/c1-8(5-6-17-2)13-18(15,16)9-3-4-11(14)10(12)7-9/h3-4,7-8,13-14H,5-6,12H2,1-2H3. The minimum absolute atomic E-state index is 0.0297. The number of ether oxygens (including phenoxy) is 1. The molecule has 7 heteroatoms. The molecule has 1 rings (SSSR count). The Labute approximate surface area is 107 Å². The quantitative estimate of drug-likeness (QED) is 0.523. The average Bonchev–Trinajstić information content (AvgIpc) is 2.29. The Hall–Kier alpha value is -1.31. The molecular weight excluding hydrogens is 256 g/mol. The fourth-order valence-corrected chi connectivity index (χ4v) is 2.70. The van der Waals surface area contributed by atoms with E-state index >= 15 is 0 Å². The van der Waals surface area contributed by atoms with Gasteiger partial charge in [-0.2, -0.15) is 0 Å². The molecule has 0 aliphatic rings. The smallest absolute Gasteiger partial charge is 0.240 e. The van der Waals surface area contributed by atoms with E-state index in [0.29, 0.717) is 13.0 Å². The molecule has 0 heterocycles. The number of aromatic hydroxyl groups is 1. The van der Waals surface area contributed by atoms with E-state index in [-0.39, 0.29) is 22.4 Å². The fourth-order valence-electron chi connectivity index (χ4n) is 1.39. The molecule has 6 nitrogen and oxygen atoms in total. The first kappa shape index (κ1) is 14.7. The van der Waals surface area contributed by atoms with Gasteiger partial charge in [-0.1, -0.05) is 0 Å². The lowest BCUT2D eigenvalue weighted by molar-refractivity contribution is 0.188. The molecule has 0 aromatic heterocycles. The first-order valence-corrected chi connectivity index (χ1v) is 6.95. The molecule has 4 N–H and O–H groups in total. The summed E-state index contributed by atoms with van der Waals surface area (Å²) in [7, 11) is -2.07. The van der Waals surface area contributed by atoms with Crippen LogP contribution in [0.1, 0.15) is 13.3 Å². The summed E-state index contributed by atoms with van der Waals surface area (Å²) in [6.45, 7) is 2.22. The second-order valence-corrected chi connectivity index (χ2v) is 5.74. The van der Waals surface area contributed by atoms with E-state index in [4.69, 9.17) is 10.5 Å². The molecule has 102 valence electrons. The van der Waals surface area contributed by atoms with Crippen LogP contribution < -0.4 is 10.5 Å². The fraction of sp³-hybridized carbons (Fsp3) is 0.455. The highest BCUT2D eigenvalue weighted by molar-refractivity contribution is 7.89. The van der Waals surface area contributed by atoms with E-state index in [9.17, 15) is 13.5 Å². The Morgan fingerprint density at radius 1 is 1.50 bits per heavy atom. The maximum atomic E-state index is 12.0. The lowest BCUT2D eigenvalue weighted by Crippen LogP contribution is -2.33. The van der Waals surface area contributed by atoms with Gasteiger partial charge >= 0.3 is 0 Å². The van der Waals surface area contributed by atoms with Crippen molar-refractivity contribution in [2.45, 2.75) is 24.3 Å². The van der Waals surface area contributed by atoms with Crippen LogP contribution in [0.2, 0.25) is 0 Å². The van der Waals surface area contributed by atoms with Gasteiger partial charge < -0.3 is 15.6 Å². The van der Waals surface area contributed by atoms with Gasteiger partial charge in [0, 0.05) is 19.8 Å². The zero-order valence-corrected chi connectivity index (χ0v) is 11.2. The molecule has 0 bridgehead atoms. The van der Waals surface area contributed by atoms with Crippen molar-refractivity contribution in [1.82, 2.24) is 4.72 Å². The summed E-state index contributed by atoms with van der Waals surface area (Å²) < 4.78 is 31.3. The normalized spacial score (nSPS) is 13.4. The third-order valence-corrected chi connectivity index (χ3v) is 4.01. The van der Waals surface area contributed by atoms with Gasteiger partial charge in [0.05, 0.1) is 10.6 Å². The number of phenols is 1. The van der Waals surface area contributed by atoms with Gasteiger partial charge in [0.2, 0.25) is 10.0 Å². The van der Waals surface area contributed by atoms with Crippen LogP contribution in [0.3, 0.4) is 0 Å². The summed E-state index contributed by atoms with van der Waals surface area (Å²) in [5, 5.41) is 9.25. The number of anilines is 1. The van der Waals surface area contributed by atoms with E-state index in [1.807, 2.05) is 0 Å². The molecule has 0 saturated heterocycles. The lowest BCUT2D eigenvalue weighted by atomic mass is 10.3. The third kappa shape index (κ3) is 3.86. The molecule has 0 saturated carbocycles. The Balaban J connectivity index is 2.83. The average molecular weight is 274 g/mol. The molecule has 0 aliphatic heterocycles. The van der Waals surface area contributed by atoms with Crippen LogP contribution >= 0.6 is 0 Å². The number of methoxy groups -OCH3 is 1. The molecule has 1 unspecified atom stereocenters. The Morgan fingerprint density at radius 2 is 2.17 bits per heavy atom. The summed E-state index contributed by atoms with van der Waals surface area (Å²) in [4.78, 5) is 0.0297. The molecular formula is C11H18N2O4S. The summed E-state index contributed by atoms with van der Waals surface area (Å²) >= 11 is 0. The second-order valence-electron chi connectivity index (χ2n) is 4.02. The van der Waals surface area contributed by atoms with Gasteiger partial charge in [0.1, 0.15) is 5.75 Å². The van der Waals surface area contributed by atoms with Crippen molar-refractivity contribution in [1.29, 1.82) is 0 Å². The SMILES string of the molecule is COCCC(C)NS(=O)(=O)c1ccc(O)c(N)c1. The van der Waals surface area contributed by atoms with Crippen LogP contribution in [0, 0.1) is 0 Å². The molecule has 0 aliphatic carbocycles. The van der Waals surface area contributed by atoms with Gasteiger partial charge in [-0.15, -0.1) is 0 Å². The number of nitrogens with one attached hydrogen (secondary N) is 1. The van der Waals surface area contributed by atoms with E-state index < -0.39 is 10.0 Å². The molecule has 1 aromatic carbocycles. The van der Waals surface area contributed by atoms with E-state index in [0.717, 1.165) is 0 Å². The van der Waals surface area contributed by atoms with Crippen molar-refractivity contribution in [3.05, 3.63) is 18.2 Å². The highest BCUT2D eigenvalue weighted by Crippen LogP contribution is 2.23. The van der Waals surface area contributed by atoms with Gasteiger partial charge in [0.25, 0.3) is 0 Å². The molecule has 0 fully saturated rings. The van der Waals surface area contributed by atoms with Crippen LogP contribution in [0.15, 0.2) is 23.1 Å². The molecule has 0 amide bonds. The first-order valence-electron chi connectivity index (χ1n) is 5.46. The van der Waals surface area contributed by atoms with E-state index in [2.05, 4.69) is 4.72 Å². The largest absolute Gasteiger partial charge is 0.506 e. The topological polar surface area (TPSA) is 102 Å². The minimum atomic E-state index is -3.63. The molecule has 0 spiro atoms. The van der Waals surface area contributed by atoms with Gasteiger partial charge in [-0.25, -0.2) is 13.1 Å². The van der Waals surface area contributed by atoms with Gasteiger partial charge in [-0.05, 0) is 31.5 Å². The number of rotatable bonds is 6. The molecule has 1 aromatic rings. The summed E-state index contributed by atoms with van der Waals surface area (Å²) in [6.07, 6.45) is 0.573. The number of benzene rings is 1. The number of phenolic OH excluding ortho intramolecular Hbond substituents is 1. The molecule has 0 radical (unpaired) electrons. The van der Waals surface area contributed by atoms with Crippen LogP contribution in [0.5, 0.6) is 5.75 Å². The monoisotopic (exact) mass is 274 g/mol. The maximum absolute atomic E-state index is 12.0. The minimum Gasteiger partial charge on any atom is -0.506 e. The highest BCUT2D eigenvalue weighted by Gasteiger charge is 2.18. The maximum Gasteiger partial charge on any atom is 0.240 e. The van der Waals surface area contributed by atoms with Crippen molar-refractivity contribution < 1.29 is 18.3 Å². The number of nitrogens with two attached hydrogens (primary N) is 1. The summed E-state index contributed by atoms with van der Waals surface area (Å²) in [6, 6.07) is 3.53. The van der Waals surface area contributed by atoms with E-state index in [1.165, 1.54) is 18.2 Å². The number of nitrogen functional groups attached to an aromatic ring is 1. The Morgan fingerprint density at radius 3 is 2.72 bits per heavy atom. The van der Waals surface area contributed by atoms with E-state index in [1.54, 1.807) is 14.0 Å². The second kappa shape index (κ2) is 6.03. The predicted molar refractivity (Wildman–Crippen MR) is 68.8 cm³/mol. The number of hydrogen-bond acceptors (Lipinski definition) is 5.